The van der Waals surface area contributed by atoms with Gasteiger partial charge < -0.3 is 4.90 Å². The third-order valence-corrected chi connectivity index (χ3v) is 5.27. The van der Waals surface area contributed by atoms with Gasteiger partial charge in [-0.25, -0.2) is 18.7 Å². The number of benzene rings is 2. The summed E-state index contributed by atoms with van der Waals surface area (Å²) in [5, 5.41) is 0. The molecule has 1 saturated heterocycles. The van der Waals surface area contributed by atoms with Gasteiger partial charge in [0.1, 0.15) is 11.6 Å². The molecule has 6 heteroatoms. The number of amides is 1. The number of halogens is 2. The van der Waals surface area contributed by atoms with Crippen molar-refractivity contribution in [3.05, 3.63) is 83.2 Å². The maximum atomic E-state index is 14.0. The third-order valence-electron chi connectivity index (χ3n) is 5.27. The van der Waals surface area contributed by atoms with E-state index >= 15 is 0 Å². The number of rotatable bonds is 3. The molecule has 1 aliphatic heterocycles. The molecular formula is C23H21F2N3O. The van der Waals surface area contributed by atoms with Crippen LogP contribution in [-0.2, 0) is 0 Å². The molecule has 4 nitrogen and oxygen atoms in total. The zero-order valence-electron chi connectivity index (χ0n) is 16.1. The van der Waals surface area contributed by atoms with E-state index in [2.05, 4.69) is 4.98 Å². The predicted molar refractivity (Wildman–Crippen MR) is 106 cm³/mol. The van der Waals surface area contributed by atoms with Crippen LogP contribution >= 0.6 is 0 Å². The Morgan fingerprint density at radius 1 is 1.10 bits per heavy atom. The summed E-state index contributed by atoms with van der Waals surface area (Å²) < 4.78 is 27.5. The van der Waals surface area contributed by atoms with Crippen LogP contribution < -0.4 is 0 Å². The van der Waals surface area contributed by atoms with Crippen molar-refractivity contribution in [2.24, 2.45) is 0 Å². The molecule has 3 aromatic rings. The molecule has 148 valence electrons. The van der Waals surface area contributed by atoms with E-state index in [0.29, 0.717) is 18.9 Å². The Bertz CT molecular complexity index is 1040. The number of likely N-dealkylation sites (tertiary alicyclic amines) is 1. The monoisotopic (exact) mass is 393 g/mol. The minimum atomic E-state index is -0.706. The van der Waals surface area contributed by atoms with Crippen molar-refractivity contribution in [3.63, 3.8) is 0 Å². The Balaban J connectivity index is 1.55. The smallest absolute Gasteiger partial charge is 0.256 e. The first-order chi connectivity index (χ1) is 14.0. The molecule has 1 aliphatic rings. The number of carbonyl (C=O) groups is 1. The summed E-state index contributed by atoms with van der Waals surface area (Å²) in [5.74, 6) is -1.15. The lowest BCUT2D eigenvalue weighted by Crippen LogP contribution is -2.39. The zero-order chi connectivity index (χ0) is 20.4. The Morgan fingerprint density at radius 2 is 1.90 bits per heavy atom. The van der Waals surface area contributed by atoms with Crippen LogP contribution in [0.5, 0.6) is 0 Å². The molecule has 29 heavy (non-hydrogen) atoms. The van der Waals surface area contributed by atoms with Crippen LogP contribution in [0.3, 0.4) is 0 Å². The van der Waals surface area contributed by atoms with Crippen molar-refractivity contribution in [1.29, 1.82) is 0 Å². The summed E-state index contributed by atoms with van der Waals surface area (Å²) in [5.41, 5.74) is 2.72. The summed E-state index contributed by atoms with van der Waals surface area (Å²) >= 11 is 0. The molecule has 0 radical (unpaired) electrons. The molecule has 0 saturated carbocycles. The second kappa shape index (κ2) is 8.07. The summed E-state index contributed by atoms with van der Waals surface area (Å²) in [7, 11) is 0. The Kier molecular flexibility index (Phi) is 5.34. The van der Waals surface area contributed by atoms with Gasteiger partial charge in [-0.15, -0.1) is 0 Å². The van der Waals surface area contributed by atoms with E-state index in [1.807, 2.05) is 37.3 Å². The first kappa shape index (κ1) is 19.2. The van der Waals surface area contributed by atoms with E-state index in [9.17, 15) is 13.6 Å². The summed E-state index contributed by atoms with van der Waals surface area (Å²) in [4.78, 5) is 23.4. The van der Waals surface area contributed by atoms with Crippen molar-refractivity contribution in [1.82, 2.24) is 14.9 Å². The Morgan fingerprint density at radius 3 is 2.69 bits per heavy atom. The van der Waals surface area contributed by atoms with E-state index in [1.165, 1.54) is 0 Å². The Labute approximate surface area is 168 Å². The largest absolute Gasteiger partial charge is 0.338 e. The number of aryl methyl sites for hydroxylation is 1. The first-order valence-corrected chi connectivity index (χ1v) is 9.65. The summed E-state index contributed by atoms with van der Waals surface area (Å²) in [6, 6.07) is 12.8. The van der Waals surface area contributed by atoms with E-state index in [1.54, 1.807) is 11.1 Å². The summed E-state index contributed by atoms with van der Waals surface area (Å²) in [6.45, 7) is 2.95. The van der Waals surface area contributed by atoms with Crippen molar-refractivity contribution in [2.45, 2.75) is 25.7 Å². The topological polar surface area (TPSA) is 46.1 Å². The van der Waals surface area contributed by atoms with E-state index in [4.69, 9.17) is 4.98 Å². The maximum absolute atomic E-state index is 14.0. The van der Waals surface area contributed by atoms with Gasteiger partial charge in [-0.3, -0.25) is 4.79 Å². The minimum absolute atomic E-state index is 0.0246. The van der Waals surface area contributed by atoms with Gasteiger partial charge >= 0.3 is 0 Å². The van der Waals surface area contributed by atoms with Gasteiger partial charge in [-0.1, -0.05) is 29.8 Å². The number of piperidine rings is 1. The second-order valence-corrected chi connectivity index (χ2v) is 7.39. The van der Waals surface area contributed by atoms with Gasteiger partial charge in [0.25, 0.3) is 5.91 Å². The average Bonchev–Trinajstić information content (AvgIpc) is 2.75. The fourth-order valence-corrected chi connectivity index (χ4v) is 3.68. The SMILES string of the molecule is Cc1ccc(-c2nccc([C@H]3CCCN(C(=O)c4cc(F)ccc4F)C3)n2)cc1. The molecule has 0 N–H and O–H groups in total. The molecule has 4 rings (SSSR count). The first-order valence-electron chi connectivity index (χ1n) is 9.65. The second-order valence-electron chi connectivity index (χ2n) is 7.39. The molecule has 0 spiro atoms. The number of aromatic nitrogens is 2. The minimum Gasteiger partial charge on any atom is -0.338 e. The highest BCUT2D eigenvalue weighted by atomic mass is 19.1. The van der Waals surface area contributed by atoms with Gasteiger partial charge in [0.2, 0.25) is 0 Å². The highest BCUT2D eigenvalue weighted by molar-refractivity contribution is 5.94. The van der Waals surface area contributed by atoms with Crippen molar-refractivity contribution >= 4 is 5.91 Å². The fraction of sp³-hybridized carbons (Fsp3) is 0.261. The lowest BCUT2D eigenvalue weighted by molar-refractivity contribution is 0.0700. The highest BCUT2D eigenvalue weighted by Crippen LogP contribution is 2.28. The van der Waals surface area contributed by atoms with Crippen LogP contribution in [-0.4, -0.2) is 33.9 Å². The number of carbonyl (C=O) groups excluding carboxylic acids is 1. The van der Waals surface area contributed by atoms with Crippen LogP contribution in [0.4, 0.5) is 8.78 Å². The molecule has 1 aromatic heterocycles. The molecule has 1 fully saturated rings. The van der Waals surface area contributed by atoms with Crippen LogP contribution in [0.1, 0.15) is 40.4 Å². The van der Waals surface area contributed by atoms with Crippen LogP contribution in [0.15, 0.2) is 54.7 Å². The lowest BCUT2D eigenvalue weighted by Gasteiger charge is -2.32. The number of hydrogen-bond donors (Lipinski definition) is 0. The summed E-state index contributed by atoms with van der Waals surface area (Å²) in [6.07, 6.45) is 3.38. The van der Waals surface area contributed by atoms with Gasteiger partial charge in [0.15, 0.2) is 5.82 Å². The van der Waals surface area contributed by atoms with Crippen molar-refractivity contribution in [2.75, 3.05) is 13.1 Å². The van der Waals surface area contributed by atoms with Crippen molar-refractivity contribution < 1.29 is 13.6 Å². The normalized spacial score (nSPS) is 16.7. The van der Waals surface area contributed by atoms with Crippen molar-refractivity contribution in [3.8, 4) is 11.4 Å². The highest BCUT2D eigenvalue weighted by Gasteiger charge is 2.28. The van der Waals surface area contributed by atoms with Gasteiger partial charge in [-0.2, -0.15) is 0 Å². The van der Waals surface area contributed by atoms with Gasteiger partial charge in [0, 0.05) is 36.5 Å². The third kappa shape index (κ3) is 4.16. The van der Waals surface area contributed by atoms with Gasteiger partial charge in [-0.05, 0) is 44.0 Å². The lowest BCUT2D eigenvalue weighted by atomic mass is 9.94. The molecule has 0 aliphatic carbocycles. The number of nitrogens with zero attached hydrogens (tertiary/aromatic N) is 3. The fourth-order valence-electron chi connectivity index (χ4n) is 3.68. The van der Waals surface area contributed by atoms with E-state index in [0.717, 1.165) is 47.9 Å². The molecule has 0 bridgehead atoms. The zero-order valence-corrected chi connectivity index (χ0v) is 16.1. The van der Waals surface area contributed by atoms with E-state index in [-0.39, 0.29) is 11.5 Å². The van der Waals surface area contributed by atoms with E-state index < -0.39 is 17.5 Å². The number of hydrogen-bond acceptors (Lipinski definition) is 3. The molecule has 0 unspecified atom stereocenters. The van der Waals surface area contributed by atoms with Crippen LogP contribution in [0.25, 0.3) is 11.4 Å². The standard InChI is InChI=1S/C23H21F2N3O/c1-15-4-6-16(7-5-15)22-26-11-10-21(27-22)17-3-2-12-28(14-17)23(29)19-13-18(24)8-9-20(19)25/h4-11,13,17H,2-3,12,14H2,1H3/t17-/m0/s1. The van der Waals surface area contributed by atoms with Crippen LogP contribution in [0.2, 0.25) is 0 Å². The van der Waals surface area contributed by atoms with Gasteiger partial charge in [0.05, 0.1) is 5.56 Å². The molecule has 2 heterocycles. The Hall–Kier alpha value is -3.15. The predicted octanol–water partition coefficient (Wildman–Crippen LogP) is 4.75. The maximum Gasteiger partial charge on any atom is 0.256 e. The quantitative estimate of drug-likeness (QED) is 0.645. The molecule has 1 amide bonds. The molecule has 2 aromatic carbocycles. The average molecular weight is 393 g/mol. The molecule has 1 atom stereocenters. The van der Waals surface area contributed by atoms with Crippen LogP contribution in [0, 0.1) is 18.6 Å². The molecular weight excluding hydrogens is 372 g/mol.